The third-order valence-corrected chi connectivity index (χ3v) is 5.53. The fourth-order valence-electron chi connectivity index (χ4n) is 2.61. The number of amides is 1. The molecule has 3 rings (SSSR count). The van der Waals surface area contributed by atoms with Gasteiger partial charge in [0.25, 0.3) is 5.91 Å². The van der Waals surface area contributed by atoms with Gasteiger partial charge in [0.05, 0.1) is 5.02 Å². The fraction of sp³-hybridized carbons (Fsp3) is 0.174. The molecule has 3 aromatic carbocycles. The molecular formula is C23H22ClNO2S. The van der Waals surface area contributed by atoms with Gasteiger partial charge in [-0.2, -0.15) is 0 Å². The van der Waals surface area contributed by atoms with Crippen molar-refractivity contribution in [2.24, 2.45) is 0 Å². The van der Waals surface area contributed by atoms with Gasteiger partial charge >= 0.3 is 0 Å². The molecule has 0 aliphatic rings. The number of para-hydroxylation sites is 1. The number of anilines is 1. The number of halogens is 1. The minimum Gasteiger partial charge on any atom is -0.479 e. The Morgan fingerprint density at radius 3 is 2.36 bits per heavy atom. The SMILES string of the molecule is CCC(Oc1ccccc1Cl)C(=O)Nc1ccc(CSc2ccccc2)cc1. The van der Waals surface area contributed by atoms with Gasteiger partial charge in [-0.3, -0.25) is 4.79 Å². The van der Waals surface area contributed by atoms with Crippen molar-refractivity contribution in [1.29, 1.82) is 0 Å². The molecule has 0 aliphatic carbocycles. The molecule has 0 fully saturated rings. The molecule has 3 aromatic rings. The molecule has 28 heavy (non-hydrogen) atoms. The third kappa shape index (κ3) is 5.78. The van der Waals surface area contributed by atoms with E-state index in [9.17, 15) is 4.79 Å². The Hall–Kier alpha value is -2.43. The summed E-state index contributed by atoms with van der Waals surface area (Å²) in [6.45, 7) is 1.91. The number of carbonyl (C=O) groups is 1. The number of ether oxygens (including phenoxy) is 1. The van der Waals surface area contributed by atoms with Gasteiger partial charge in [0.1, 0.15) is 5.75 Å². The first kappa shape index (κ1) is 20.3. The van der Waals surface area contributed by atoms with Crippen molar-refractivity contribution >= 4 is 35.0 Å². The predicted molar refractivity (Wildman–Crippen MR) is 117 cm³/mol. The first-order chi connectivity index (χ1) is 13.7. The molecule has 1 N–H and O–H groups in total. The summed E-state index contributed by atoms with van der Waals surface area (Å²) in [4.78, 5) is 13.8. The predicted octanol–water partition coefficient (Wildman–Crippen LogP) is 6.43. The number of nitrogens with one attached hydrogen (secondary N) is 1. The van der Waals surface area contributed by atoms with Gasteiger partial charge in [0, 0.05) is 16.3 Å². The van der Waals surface area contributed by atoms with Crippen LogP contribution in [0.15, 0.2) is 83.8 Å². The summed E-state index contributed by atoms with van der Waals surface area (Å²) in [6, 6.07) is 25.3. The van der Waals surface area contributed by atoms with Gasteiger partial charge in [0.2, 0.25) is 0 Å². The summed E-state index contributed by atoms with van der Waals surface area (Å²) in [7, 11) is 0. The molecule has 0 spiro atoms. The number of hydrogen-bond acceptors (Lipinski definition) is 3. The molecule has 0 radical (unpaired) electrons. The van der Waals surface area contributed by atoms with Crippen LogP contribution in [0.1, 0.15) is 18.9 Å². The van der Waals surface area contributed by atoms with Crippen LogP contribution in [-0.2, 0) is 10.5 Å². The lowest BCUT2D eigenvalue weighted by Crippen LogP contribution is -2.32. The average Bonchev–Trinajstić information content (AvgIpc) is 2.73. The number of benzene rings is 3. The smallest absolute Gasteiger partial charge is 0.265 e. The lowest BCUT2D eigenvalue weighted by atomic mass is 10.2. The number of hydrogen-bond donors (Lipinski definition) is 1. The van der Waals surface area contributed by atoms with Gasteiger partial charge in [-0.05, 0) is 48.4 Å². The zero-order chi connectivity index (χ0) is 19.8. The van der Waals surface area contributed by atoms with Crippen molar-refractivity contribution < 1.29 is 9.53 Å². The van der Waals surface area contributed by atoms with E-state index in [4.69, 9.17) is 16.3 Å². The number of carbonyl (C=O) groups excluding carboxylic acids is 1. The lowest BCUT2D eigenvalue weighted by Gasteiger charge is -2.18. The molecule has 1 amide bonds. The molecule has 0 aliphatic heterocycles. The Kier molecular flexibility index (Phi) is 7.40. The second-order valence-corrected chi connectivity index (χ2v) is 7.69. The van der Waals surface area contributed by atoms with Crippen LogP contribution in [0.25, 0.3) is 0 Å². The van der Waals surface area contributed by atoms with Crippen LogP contribution in [-0.4, -0.2) is 12.0 Å². The standard InChI is InChI=1S/C23H22ClNO2S/c1-2-21(27-22-11-7-6-10-20(22)24)23(26)25-18-14-12-17(13-15-18)16-28-19-8-4-3-5-9-19/h3-15,21H,2,16H2,1H3,(H,25,26). The van der Waals surface area contributed by atoms with Crippen LogP contribution in [0.5, 0.6) is 5.75 Å². The van der Waals surface area contributed by atoms with Crippen molar-refractivity contribution in [1.82, 2.24) is 0 Å². The van der Waals surface area contributed by atoms with Crippen molar-refractivity contribution in [3.63, 3.8) is 0 Å². The Morgan fingerprint density at radius 1 is 1.00 bits per heavy atom. The molecule has 0 bridgehead atoms. The molecule has 1 unspecified atom stereocenters. The Balaban J connectivity index is 1.56. The van der Waals surface area contributed by atoms with E-state index in [1.807, 2.05) is 61.5 Å². The monoisotopic (exact) mass is 411 g/mol. The Labute approximate surface area is 175 Å². The average molecular weight is 412 g/mol. The van der Waals surface area contributed by atoms with Gasteiger partial charge in [-0.25, -0.2) is 0 Å². The van der Waals surface area contributed by atoms with Gasteiger partial charge in [0.15, 0.2) is 6.10 Å². The summed E-state index contributed by atoms with van der Waals surface area (Å²) in [6.07, 6.45) is -0.0590. The van der Waals surface area contributed by atoms with E-state index in [0.717, 1.165) is 11.4 Å². The van der Waals surface area contributed by atoms with E-state index in [1.165, 1.54) is 10.5 Å². The second kappa shape index (κ2) is 10.2. The van der Waals surface area contributed by atoms with Crippen LogP contribution >= 0.6 is 23.4 Å². The van der Waals surface area contributed by atoms with Gasteiger partial charge < -0.3 is 10.1 Å². The normalized spacial score (nSPS) is 11.6. The maximum absolute atomic E-state index is 12.6. The summed E-state index contributed by atoms with van der Waals surface area (Å²) in [5, 5.41) is 3.41. The van der Waals surface area contributed by atoms with Crippen molar-refractivity contribution in [2.75, 3.05) is 5.32 Å². The van der Waals surface area contributed by atoms with E-state index < -0.39 is 6.10 Å². The highest BCUT2D eigenvalue weighted by molar-refractivity contribution is 7.98. The van der Waals surface area contributed by atoms with Gasteiger partial charge in [-0.1, -0.05) is 61.0 Å². The minimum absolute atomic E-state index is 0.186. The first-order valence-corrected chi connectivity index (χ1v) is 10.5. The number of thioether (sulfide) groups is 1. The minimum atomic E-state index is -0.604. The van der Waals surface area contributed by atoms with E-state index in [2.05, 4.69) is 17.4 Å². The largest absolute Gasteiger partial charge is 0.479 e. The molecule has 1 atom stereocenters. The van der Waals surface area contributed by atoms with Crippen LogP contribution in [0, 0.1) is 0 Å². The van der Waals surface area contributed by atoms with E-state index >= 15 is 0 Å². The lowest BCUT2D eigenvalue weighted by molar-refractivity contribution is -0.122. The van der Waals surface area contributed by atoms with E-state index in [1.54, 1.807) is 23.9 Å². The fourth-order valence-corrected chi connectivity index (χ4v) is 3.66. The van der Waals surface area contributed by atoms with Crippen LogP contribution in [0.2, 0.25) is 5.02 Å². The molecule has 144 valence electrons. The van der Waals surface area contributed by atoms with Crippen molar-refractivity contribution in [3.05, 3.63) is 89.4 Å². The molecule has 5 heteroatoms. The second-order valence-electron chi connectivity index (χ2n) is 6.23. The third-order valence-electron chi connectivity index (χ3n) is 4.14. The zero-order valence-electron chi connectivity index (χ0n) is 15.6. The maximum atomic E-state index is 12.6. The highest BCUT2D eigenvalue weighted by Crippen LogP contribution is 2.26. The first-order valence-electron chi connectivity index (χ1n) is 9.14. The quantitative estimate of drug-likeness (QED) is 0.434. The highest BCUT2D eigenvalue weighted by Gasteiger charge is 2.19. The highest BCUT2D eigenvalue weighted by atomic mass is 35.5. The van der Waals surface area contributed by atoms with Crippen LogP contribution < -0.4 is 10.1 Å². The molecule has 0 saturated heterocycles. The van der Waals surface area contributed by atoms with Gasteiger partial charge in [-0.15, -0.1) is 11.8 Å². The Morgan fingerprint density at radius 2 is 1.68 bits per heavy atom. The maximum Gasteiger partial charge on any atom is 0.265 e. The van der Waals surface area contributed by atoms with Crippen molar-refractivity contribution in [2.45, 2.75) is 30.1 Å². The molecule has 0 heterocycles. The summed E-state index contributed by atoms with van der Waals surface area (Å²) >= 11 is 7.91. The summed E-state index contributed by atoms with van der Waals surface area (Å²) in [5.41, 5.74) is 1.95. The topological polar surface area (TPSA) is 38.3 Å². The van der Waals surface area contributed by atoms with Crippen LogP contribution in [0.3, 0.4) is 0 Å². The molecular weight excluding hydrogens is 390 g/mol. The van der Waals surface area contributed by atoms with E-state index in [-0.39, 0.29) is 5.91 Å². The van der Waals surface area contributed by atoms with Crippen LogP contribution in [0.4, 0.5) is 5.69 Å². The summed E-state index contributed by atoms with van der Waals surface area (Å²) in [5.74, 6) is 1.21. The molecule has 3 nitrogen and oxygen atoms in total. The van der Waals surface area contributed by atoms with Crippen molar-refractivity contribution in [3.8, 4) is 5.75 Å². The number of rotatable bonds is 8. The Bertz CT molecular complexity index is 900. The van der Waals surface area contributed by atoms with E-state index in [0.29, 0.717) is 17.2 Å². The summed E-state index contributed by atoms with van der Waals surface area (Å²) < 4.78 is 5.79. The zero-order valence-corrected chi connectivity index (χ0v) is 17.2. The molecule has 0 aromatic heterocycles. The molecule has 0 saturated carbocycles.